The van der Waals surface area contributed by atoms with Gasteiger partial charge < -0.3 is 10.2 Å². The quantitative estimate of drug-likeness (QED) is 0.609. The van der Waals surface area contributed by atoms with Crippen molar-refractivity contribution in [1.82, 2.24) is 0 Å². The van der Waals surface area contributed by atoms with Crippen molar-refractivity contribution in [2.24, 2.45) is 11.3 Å². The molecular formula is C25H29F3N2O2. The van der Waals surface area contributed by atoms with Gasteiger partial charge in [-0.2, -0.15) is 13.2 Å². The predicted molar refractivity (Wildman–Crippen MR) is 120 cm³/mol. The van der Waals surface area contributed by atoms with Crippen LogP contribution in [-0.2, 0) is 15.8 Å². The molecule has 4 nitrogen and oxygen atoms in total. The molecule has 0 radical (unpaired) electrons. The molecular weight excluding hydrogens is 417 g/mol. The van der Waals surface area contributed by atoms with E-state index in [0.717, 1.165) is 28.9 Å². The Morgan fingerprint density at radius 3 is 2.31 bits per heavy atom. The second-order valence-electron chi connectivity index (χ2n) is 9.31. The first kappa shape index (κ1) is 23.8. The number of rotatable bonds is 5. The molecule has 2 amide bonds. The van der Waals surface area contributed by atoms with Gasteiger partial charge in [0.05, 0.1) is 11.0 Å². The Balaban J connectivity index is 1.96. The molecule has 3 rings (SSSR count). The molecule has 0 aromatic heterocycles. The number of amides is 2. The summed E-state index contributed by atoms with van der Waals surface area (Å²) < 4.78 is 39.7. The maximum Gasteiger partial charge on any atom is 0.416 e. The fourth-order valence-corrected chi connectivity index (χ4v) is 4.71. The van der Waals surface area contributed by atoms with Crippen molar-refractivity contribution in [3.8, 4) is 0 Å². The minimum atomic E-state index is -4.51. The molecule has 2 aromatic carbocycles. The lowest BCUT2D eigenvalue weighted by Crippen LogP contribution is -2.40. The minimum Gasteiger partial charge on any atom is -0.326 e. The Labute approximate surface area is 186 Å². The van der Waals surface area contributed by atoms with Gasteiger partial charge >= 0.3 is 6.18 Å². The van der Waals surface area contributed by atoms with Gasteiger partial charge in [0.2, 0.25) is 11.8 Å². The molecule has 1 unspecified atom stereocenters. The summed E-state index contributed by atoms with van der Waals surface area (Å²) in [5.41, 5.74) is 1.31. The molecule has 32 heavy (non-hydrogen) atoms. The van der Waals surface area contributed by atoms with Crippen molar-refractivity contribution in [2.45, 2.75) is 53.6 Å². The van der Waals surface area contributed by atoms with Gasteiger partial charge in [0.25, 0.3) is 0 Å². The van der Waals surface area contributed by atoms with Crippen LogP contribution in [0.3, 0.4) is 0 Å². The first-order chi connectivity index (χ1) is 14.8. The summed E-state index contributed by atoms with van der Waals surface area (Å²) in [6.45, 7) is 9.52. The molecule has 1 saturated heterocycles. The molecule has 2 aromatic rings. The third kappa shape index (κ3) is 4.81. The Bertz CT molecular complexity index is 1030. The fourth-order valence-electron chi connectivity index (χ4n) is 4.71. The number of benzene rings is 2. The number of halogens is 3. The summed E-state index contributed by atoms with van der Waals surface area (Å²) in [6, 6.07) is 9.25. The van der Waals surface area contributed by atoms with Crippen molar-refractivity contribution >= 4 is 23.2 Å². The van der Waals surface area contributed by atoms with Crippen molar-refractivity contribution < 1.29 is 22.8 Å². The molecule has 0 aliphatic carbocycles. The molecule has 0 spiro atoms. The number of hydrogen-bond donors (Lipinski definition) is 1. The van der Waals surface area contributed by atoms with E-state index in [1.807, 2.05) is 45.9 Å². The van der Waals surface area contributed by atoms with Crippen LogP contribution in [0.15, 0.2) is 36.4 Å². The summed E-state index contributed by atoms with van der Waals surface area (Å²) in [6.07, 6.45) is -4.05. The third-order valence-electron chi connectivity index (χ3n) is 5.90. The summed E-state index contributed by atoms with van der Waals surface area (Å²) in [7, 11) is 0. The van der Waals surface area contributed by atoms with Crippen LogP contribution in [0.25, 0.3) is 0 Å². The van der Waals surface area contributed by atoms with Crippen molar-refractivity contribution in [3.05, 3.63) is 58.7 Å². The average molecular weight is 447 g/mol. The molecule has 1 aliphatic heterocycles. The van der Waals surface area contributed by atoms with Gasteiger partial charge in [-0.25, -0.2) is 0 Å². The van der Waals surface area contributed by atoms with E-state index in [2.05, 4.69) is 5.32 Å². The molecule has 1 aliphatic rings. The zero-order valence-corrected chi connectivity index (χ0v) is 19.1. The Morgan fingerprint density at radius 1 is 1.12 bits per heavy atom. The molecule has 7 heteroatoms. The number of alkyl halides is 3. The maximum absolute atomic E-state index is 13.5. The Morgan fingerprint density at radius 2 is 1.75 bits per heavy atom. The van der Waals surface area contributed by atoms with Gasteiger partial charge in [-0.15, -0.1) is 0 Å². The number of anilines is 2. The number of carbonyl (C=O) groups excluding carboxylic acids is 2. The molecule has 1 N–H and O–H groups in total. The highest BCUT2D eigenvalue weighted by Crippen LogP contribution is 2.42. The predicted octanol–water partition coefficient (Wildman–Crippen LogP) is 6.04. The zero-order valence-electron chi connectivity index (χ0n) is 19.1. The minimum absolute atomic E-state index is 0.0166. The van der Waals surface area contributed by atoms with E-state index in [4.69, 9.17) is 0 Å². The lowest BCUT2D eigenvalue weighted by molar-refractivity contribution is -0.137. The molecule has 1 heterocycles. The first-order valence-corrected chi connectivity index (χ1v) is 10.7. The summed E-state index contributed by atoms with van der Waals surface area (Å²) in [5, 5.41) is 2.69. The SMILES string of the molecule is Cc1cc(NC(=O)C2(CC(C)C)CC(=O)N(c3c(C)cccc3C)C2)cc(C(F)(F)F)c1. The van der Waals surface area contributed by atoms with Crippen LogP contribution < -0.4 is 10.2 Å². The zero-order chi connectivity index (χ0) is 23.8. The number of aryl methyl sites for hydroxylation is 3. The van der Waals surface area contributed by atoms with Gasteiger partial charge in [0.15, 0.2) is 0 Å². The van der Waals surface area contributed by atoms with E-state index in [-0.39, 0.29) is 30.5 Å². The summed E-state index contributed by atoms with van der Waals surface area (Å²) >= 11 is 0. The van der Waals surface area contributed by atoms with Crippen molar-refractivity contribution in [1.29, 1.82) is 0 Å². The van der Waals surface area contributed by atoms with Crippen LogP contribution in [0, 0.1) is 32.1 Å². The molecule has 1 fully saturated rings. The fraction of sp³-hybridized carbons (Fsp3) is 0.440. The van der Waals surface area contributed by atoms with Crippen LogP contribution >= 0.6 is 0 Å². The number of para-hydroxylation sites is 1. The molecule has 0 saturated carbocycles. The standard InChI is InChI=1S/C25H29F3N2O2/c1-15(2)12-24(13-21(31)30(14-24)22-17(4)7-6-8-18(22)5)23(32)29-20-10-16(3)9-19(11-20)25(26,27)28/h6-11,15H,12-14H2,1-5H3,(H,29,32). The number of hydrogen-bond acceptors (Lipinski definition) is 2. The van der Waals surface area contributed by atoms with Gasteiger partial charge in [-0.3, -0.25) is 9.59 Å². The Kier molecular flexibility index (Phi) is 6.40. The highest BCUT2D eigenvalue weighted by atomic mass is 19.4. The highest BCUT2D eigenvalue weighted by Gasteiger charge is 2.50. The van der Waals surface area contributed by atoms with Crippen LogP contribution in [-0.4, -0.2) is 18.4 Å². The molecule has 1 atom stereocenters. The highest BCUT2D eigenvalue weighted by molar-refractivity contribution is 6.06. The van der Waals surface area contributed by atoms with Crippen molar-refractivity contribution in [3.63, 3.8) is 0 Å². The first-order valence-electron chi connectivity index (χ1n) is 10.7. The third-order valence-corrected chi connectivity index (χ3v) is 5.90. The van der Waals surface area contributed by atoms with Crippen LogP contribution in [0.2, 0.25) is 0 Å². The molecule has 0 bridgehead atoms. The summed E-state index contributed by atoms with van der Waals surface area (Å²) in [5.74, 6) is -0.458. The van der Waals surface area contributed by atoms with E-state index < -0.39 is 23.1 Å². The van der Waals surface area contributed by atoms with E-state index in [9.17, 15) is 22.8 Å². The van der Waals surface area contributed by atoms with Gasteiger partial charge in [0, 0.05) is 24.3 Å². The number of carbonyl (C=O) groups is 2. The van der Waals surface area contributed by atoms with Crippen LogP contribution in [0.1, 0.15) is 48.9 Å². The maximum atomic E-state index is 13.5. The van der Waals surface area contributed by atoms with E-state index in [1.165, 1.54) is 6.07 Å². The normalized spacial score (nSPS) is 19.0. The van der Waals surface area contributed by atoms with E-state index in [1.54, 1.807) is 11.8 Å². The van der Waals surface area contributed by atoms with Gasteiger partial charge in [-0.05, 0) is 68.0 Å². The average Bonchev–Trinajstić information content (AvgIpc) is 2.97. The largest absolute Gasteiger partial charge is 0.416 e. The van der Waals surface area contributed by atoms with Crippen molar-refractivity contribution in [2.75, 3.05) is 16.8 Å². The van der Waals surface area contributed by atoms with Crippen LogP contribution in [0.4, 0.5) is 24.5 Å². The monoisotopic (exact) mass is 446 g/mol. The smallest absolute Gasteiger partial charge is 0.326 e. The lowest BCUT2D eigenvalue weighted by atomic mass is 9.78. The van der Waals surface area contributed by atoms with E-state index in [0.29, 0.717) is 12.0 Å². The second kappa shape index (κ2) is 8.60. The molecule has 172 valence electrons. The topological polar surface area (TPSA) is 49.4 Å². The number of nitrogens with one attached hydrogen (secondary N) is 1. The Hall–Kier alpha value is -2.83. The van der Waals surface area contributed by atoms with Gasteiger partial charge in [0.1, 0.15) is 0 Å². The van der Waals surface area contributed by atoms with Gasteiger partial charge in [-0.1, -0.05) is 32.0 Å². The lowest BCUT2D eigenvalue weighted by Gasteiger charge is -2.30. The van der Waals surface area contributed by atoms with E-state index >= 15 is 0 Å². The van der Waals surface area contributed by atoms with Crippen LogP contribution in [0.5, 0.6) is 0 Å². The second-order valence-corrected chi connectivity index (χ2v) is 9.31. The number of nitrogens with zero attached hydrogens (tertiary/aromatic N) is 1. The summed E-state index contributed by atoms with van der Waals surface area (Å²) in [4.78, 5) is 28.2.